The van der Waals surface area contributed by atoms with Crippen LogP contribution < -0.4 is 5.32 Å². The molecule has 0 atom stereocenters. The van der Waals surface area contributed by atoms with Gasteiger partial charge in [-0.2, -0.15) is 0 Å². The molecule has 2 heterocycles. The third-order valence-corrected chi connectivity index (χ3v) is 8.38. The standard InChI is InChI=1S/C36H47N5O/c1-3-5-24-40(36(42)30-19-17-29(18-20-30)25-37-21-4-2)28-35-38-33-15-9-10-16-34(33)41(35)27-32-14-8-7-13-31(32)26-39-22-11-6-12-23-39/h7-10,13-20,37H,3-6,11-12,21-28H2,1-2H3. The van der Waals surface area contributed by atoms with Crippen LogP contribution in [0.2, 0.25) is 0 Å². The van der Waals surface area contributed by atoms with Crippen LogP contribution in [0.15, 0.2) is 72.8 Å². The van der Waals surface area contributed by atoms with E-state index in [1.807, 2.05) is 23.1 Å². The van der Waals surface area contributed by atoms with E-state index in [9.17, 15) is 4.79 Å². The van der Waals surface area contributed by atoms with E-state index in [1.54, 1.807) is 0 Å². The smallest absolute Gasteiger partial charge is 0.254 e. The summed E-state index contributed by atoms with van der Waals surface area (Å²) in [5.41, 5.74) is 6.74. The molecule has 0 aliphatic carbocycles. The number of hydrogen-bond acceptors (Lipinski definition) is 4. The van der Waals surface area contributed by atoms with Crippen molar-refractivity contribution < 1.29 is 4.79 Å². The highest BCUT2D eigenvalue weighted by atomic mass is 16.2. The van der Waals surface area contributed by atoms with Crippen molar-refractivity contribution in [2.24, 2.45) is 0 Å². The molecule has 1 saturated heterocycles. The number of rotatable bonds is 14. The number of fused-ring (bicyclic) bond motifs is 1. The summed E-state index contributed by atoms with van der Waals surface area (Å²) in [6.45, 7) is 11.5. The number of nitrogens with one attached hydrogen (secondary N) is 1. The molecule has 0 spiro atoms. The summed E-state index contributed by atoms with van der Waals surface area (Å²) in [6.07, 6.45) is 7.03. The summed E-state index contributed by atoms with van der Waals surface area (Å²) in [6, 6.07) is 25.3. The molecule has 0 saturated carbocycles. The van der Waals surface area contributed by atoms with E-state index in [0.29, 0.717) is 13.1 Å². The molecule has 6 nitrogen and oxygen atoms in total. The normalized spacial score (nSPS) is 14.0. The van der Waals surface area contributed by atoms with Crippen LogP contribution in [0.3, 0.4) is 0 Å². The van der Waals surface area contributed by atoms with Gasteiger partial charge in [-0.3, -0.25) is 9.69 Å². The molecule has 1 amide bonds. The highest BCUT2D eigenvalue weighted by Crippen LogP contribution is 2.23. The number of aromatic nitrogens is 2. The fourth-order valence-corrected chi connectivity index (χ4v) is 5.95. The van der Waals surface area contributed by atoms with Crippen LogP contribution >= 0.6 is 0 Å². The molecule has 1 aliphatic heterocycles. The zero-order valence-electron chi connectivity index (χ0n) is 25.5. The topological polar surface area (TPSA) is 53.4 Å². The summed E-state index contributed by atoms with van der Waals surface area (Å²) in [7, 11) is 0. The van der Waals surface area contributed by atoms with Crippen molar-refractivity contribution >= 4 is 16.9 Å². The molecule has 6 heteroatoms. The van der Waals surface area contributed by atoms with E-state index in [2.05, 4.69) is 83.2 Å². The molecule has 1 N–H and O–H groups in total. The minimum Gasteiger partial charge on any atom is -0.331 e. The monoisotopic (exact) mass is 565 g/mol. The van der Waals surface area contributed by atoms with Crippen molar-refractivity contribution in [1.82, 2.24) is 24.7 Å². The first-order valence-corrected chi connectivity index (χ1v) is 16.0. The molecule has 5 rings (SSSR count). The van der Waals surface area contributed by atoms with Crippen molar-refractivity contribution in [2.75, 3.05) is 26.2 Å². The Morgan fingerprint density at radius 1 is 0.857 bits per heavy atom. The van der Waals surface area contributed by atoms with Gasteiger partial charge in [0.25, 0.3) is 5.91 Å². The van der Waals surface area contributed by atoms with Gasteiger partial charge in [0.05, 0.1) is 17.6 Å². The van der Waals surface area contributed by atoms with E-state index in [4.69, 9.17) is 4.98 Å². The first-order valence-electron chi connectivity index (χ1n) is 16.0. The Morgan fingerprint density at radius 2 is 1.57 bits per heavy atom. The van der Waals surface area contributed by atoms with Crippen LogP contribution in [0.4, 0.5) is 0 Å². The number of carbonyl (C=O) groups excluding carboxylic acids is 1. The Labute approximate surface area is 251 Å². The zero-order chi connectivity index (χ0) is 29.1. The summed E-state index contributed by atoms with van der Waals surface area (Å²) in [5, 5.41) is 3.44. The van der Waals surface area contributed by atoms with Gasteiger partial charge >= 0.3 is 0 Å². The summed E-state index contributed by atoms with van der Waals surface area (Å²) >= 11 is 0. The molecule has 1 fully saturated rings. The SMILES string of the molecule is CCCCN(Cc1nc2ccccc2n1Cc1ccccc1CN1CCCCC1)C(=O)c1ccc(CNCCC)cc1. The lowest BCUT2D eigenvalue weighted by Gasteiger charge is -2.27. The van der Waals surface area contributed by atoms with Crippen LogP contribution in [0.1, 0.15) is 85.2 Å². The molecular weight excluding hydrogens is 518 g/mol. The third-order valence-electron chi connectivity index (χ3n) is 8.38. The second-order valence-electron chi connectivity index (χ2n) is 11.7. The molecule has 0 bridgehead atoms. The van der Waals surface area contributed by atoms with Crippen molar-refractivity contribution in [3.8, 4) is 0 Å². The molecule has 1 aliphatic rings. The minimum absolute atomic E-state index is 0.0700. The summed E-state index contributed by atoms with van der Waals surface area (Å²) in [4.78, 5) is 23.5. The van der Waals surface area contributed by atoms with Crippen molar-refractivity contribution in [1.29, 1.82) is 0 Å². The van der Waals surface area contributed by atoms with Gasteiger partial charge in [-0.05, 0) is 86.3 Å². The molecule has 4 aromatic rings. The zero-order valence-corrected chi connectivity index (χ0v) is 25.5. The molecule has 3 aromatic carbocycles. The number of nitrogens with zero attached hydrogens (tertiary/aromatic N) is 4. The molecule has 222 valence electrons. The van der Waals surface area contributed by atoms with Crippen molar-refractivity contribution in [3.63, 3.8) is 0 Å². The average molecular weight is 566 g/mol. The Morgan fingerprint density at radius 3 is 2.31 bits per heavy atom. The maximum Gasteiger partial charge on any atom is 0.254 e. The first-order chi connectivity index (χ1) is 20.7. The van der Waals surface area contributed by atoms with Crippen LogP contribution in [-0.4, -0.2) is 51.4 Å². The highest BCUT2D eigenvalue weighted by Gasteiger charge is 2.21. The van der Waals surface area contributed by atoms with Crippen LogP contribution in [0.25, 0.3) is 11.0 Å². The predicted molar refractivity (Wildman–Crippen MR) is 172 cm³/mol. The van der Waals surface area contributed by atoms with Gasteiger partial charge < -0.3 is 14.8 Å². The van der Waals surface area contributed by atoms with Gasteiger partial charge in [0.1, 0.15) is 5.82 Å². The summed E-state index contributed by atoms with van der Waals surface area (Å²) < 4.78 is 2.33. The number of unbranched alkanes of at least 4 members (excludes halogenated alkanes) is 1. The Hall–Kier alpha value is -3.48. The fourth-order valence-electron chi connectivity index (χ4n) is 5.95. The van der Waals surface area contributed by atoms with E-state index in [1.165, 1.54) is 49.0 Å². The van der Waals surface area contributed by atoms with Gasteiger partial charge in [-0.25, -0.2) is 4.98 Å². The summed E-state index contributed by atoms with van der Waals surface area (Å²) in [5.74, 6) is 1.01. The number of imidazole rings is 1. The second kappa shape index (κ2) is 15.1. The average Bonchev–Trinajstić information content (AvgIpc) is 3.37. The number of amides is 1. The van der Waals surface area contributed by atoms with Crippen molar-refractivity contribution in [2.45, 2.75) is 78.6 Å². The first kappa shape index (κ1) is 30.0. The van der Waals surface area contributed by atoms with E-state index in [-0.39, 0.29) is 5.91 Å². The maximum absolute atomic E-state index is 13.9. The number of para-hydroxylation sites is 2. The van der Waals surface area contributed by atoms with Crippen LogP contribution in [0.5, 0.6) is 0 Å². The van der Waals surface area contributed by atoms with Crippen molar-refractivity contribution in [3.05, 3.63) is 101 Å². The van der Waals surface area contributed by atoms with Gasteiger partial charge in [0.15, 0.2) is 0 Å². The molecule has 0 radical (unpaired) electrons. The number of carbonyl (C=O) groups is 1. The van der Waals surface area contributed by atoms with Crippen LogP contribution in [0, 0.1) is 0 Å². The molecule has 42 heavy (non-hydrogen) atoms. The van der Waals surface area contributed by atoms with E-state index >= 15 is 0 Å². The van der Waals surface area contributed by atoms with Gasteiger partial charge in [0, 0.05) is 31.7 Å². The molecular formula is C36H47N5O. The molecule has 0 unspecified atom stereocenters. The van der Waals surface area contributed by atoms with Gasteiger partial charge in [-0.15, -0.1) is 0 Å². The minimum atomic E-state index is 0.0700. The van der Waals surface area contributed by atoms with E-state index < -0.39 is 0 Å². The fraction of sp³-hybridized carbons (Fsp3) is 0.444. The van der Waals surface area contributed by atoms with Gasteiger partial charge in [-0.1, -0.05) is 75.2 Å². The Kier molecular flexibility index (Phi) is 10.8. The second-order valence-corrected chi connectivity index (χ2v) is 11.7. The Bertz CT molecular complexity index is 1420. The maximum atomic E-state index is 13.9. The third kappa shape index (κ3) is 7.67. The highest BCUT2D eigenvalue weighted by molar-refractivity contribution is 5.94. The number of piperidine rings is 1. The largest absolute Gasteiger partial charge is 0.331 e. The van der Waals surface area contributed by atoms with Gasteiger partial charge in [0.2, 0.25) is 0 Å². The number of likely N-dealkylation sites (tertiary alicyclic amines) is 1. The number of hydrogen-bond donors (Lipinski definition) is 1. The predicted octanol–water partition coefficient (Wildman–Crippen LogP) is 7.01. The quantitative estimate of drug-likeness (QED) is 0.167. The Balaban J connectivity index is 1.40. The molecule has 1 aromatic heterocycles. The van der Waals surface area contributed by atoms with Crippen LogP contribution in [-0.2, 0) is 26.2 Å². The lowest BCUT2D eigenvalue weighted by molar-refractivity contribution is 0.0735. The lowest BCUT2D eigenvalue weighted by Crippen LogP contribution is -2.33. The number of benzene rings is 3. The lowest BCUT2D eigenvalue weighted by atomic mass is 10.0. The van der Waals surface area contributed by atoms with E-state index in [0.717, 1.165) is 67.9 Å².